The number of hydrogen-bond donors (Lipinski definition) is 2. The lowest BCUT2D eigenvalue weighted by molar-refractivity contribution is 0.191. The Bertz CT molecular complexity index is 250. The van der Waals surface area contributed by atoms with Crippen molar-refractivity contribution in [1.82, 2.24) is 15.5 Å². The summed E-state index contributed by atoms with van der Waals surface area (Å²) >= 11 is 0. The number of halogens is 1. The van der Waals surface area contributed by atoms with E-state index in [2.05, 4.69) is 41.3 Å². The largest absolute Gasteiger partial charge is 0.357 e. The summed E-state index contributed by atoms with van der Waals surface area (Å²) in [6.07, 6.45) is 5.04. The number of nitrogens with zero attached hydrogens (tertiary/aromatic N) is 2. The summed E-state index contributed by atoms with van der Waals surface area (Å²) in [5.41, 5.74) is 0. The zero-order valence-electron chi connectivity index (χ0n) is 13.5. The molecule has 120 valence electrons. The minimum atomic E-state index is 0. The first-order chi connectivity index (χ1) is 9.26. The van der Waals surface area contributed by atoms with Crippen LogP contribution in [-0.2, 0) is 0 Å². The molecule has 0 aromatic rings. The van der Waals surface area contributed by atoms with Gasteiger partial charge in [-0.2, -0.15) is 0 Å². The molecule has 0 unspecified atom stereocenters. The van der Waals surface area contributed by atoms with E-state index in [1.165, 1.54) is 38.9 Å². The molecule has 4 nitrogen and oxygen atoms in total. The Morgan fingerprint density at radius 3 is 2.50 bits per heavy atom. The summed E-state index contributed by atoms with van der Waals surface area (Å²) < 4.78 is 0. The highest BCUT2D eigenvalue weighted by Crippen LogP contribution is 2.15. The molecule has 0 aromatic carbocycles. The number of guanidine groups is 1. The van der Waals surface area contributed by atoms with E-state index in [1.54, 1.807) is 0 Å². The van der Waals surface area contributed by atoms with Crippen LogP contribution >= 0.6 is 24.0 Å². The maximum absolute atomic E-state index is 4.51. The van der Waals surface area contributed by atoms with Crippen LogP contribution in [0.5, 0.6) is 0 Å². The van der Waals surface area contributed by atoms with Gasteiger partial charge in [-0.15, -0.1) is 24.0 Å². The minimum Gasteiger partial charge on any atom is -0.357 e. The highest BCUT2D eigenvalue weighted by molar-refractivity contribution is 14.0. The van der Waals surface area contributed by atoms with Gasteiger partial charge in [0.2, 0.25) is 0 Å². The van der Waals surface area contributed by atoms with Crippen LogP contribution in [-0.4, -0.2) is 50.1 Å². The highest BCUT2D eigenvalue weighted by Gasteiger charge is 2.14. The molecule has 0 spiro atoms. The topological polar surface area (TPSA) is 39.7 Å². The molecule has 0 aliphatic carbocycles. The van der Waals surface area contributed by atoms with Crippen molar-refractivity contribution in [3.63, 3.8) is 0 Å². The lowest BCUT2D eigenvalue weighted by Crippen LogP contribution is -2.39. The third-order valence-corrected chi connectivity index (χ3v) is 3.66. The first-order valence-corrected chi connectivity index (χ1v) is 8.00. The predicted molar refractivity (Wildman–Crippen MR) is 99.1 cm³/mol. The van der Waals surface area contributed by atoms with E-state index in [0.717, 1.165) is 37.9 Å². The van der Waals surface area contributed by atoms with Crippen molar-refractivity contribution in [2.75, 3.05) is 39.3 Å². The normalized spacial score (nSPS) is 17.6. The molecule has 0 amide bonds. The SMILES string of the molecule is CCCN=C(NCC)NCCCN1CCC(C)CC1.I. The zero-order chi connectivity index (χ0) is 13.9. The molecule has 0 radical (unpaired) electrons. The minimum absolute atomic E-state index is 0. The molecule has 1 aliphatic heterocycles. The number of likely N-dealkylation sites (tertiary alicyclic amines) is 1. The van der Waals surface area contributed by atoms with Gasteiger partial charge in [-0.25, -0.2) is 0 Å². The summed E-state index contributed by atoms with van der Waals surface area (Å²) in [4.78, 5) is 7.10. The smallest absolute Gasteiger partial charge is 0.191 e. The lowest BCUT2D eigenvalue weighted by Gasteiger charge is -2.30. The van der Waals surface area contributed by atoms with Crippen molar-refractivity contribution in [3.05, 3.63) is 0 Å². The molecule has 1 fully saturated rings. The molecular formula is C15H33IN4. The van der Waals surface area contributed by atoms with Gasteiger partial charge in [0, 0.05) is 19.6 Å². The van der Waals surface area contributed by atoms with Crippen molar-refractivity contribution in [1.29, 1.82) is 0 Å². The Kier molecular flexibility index (Phi) is 12.7. The van der Waals surface area contributed by atoms with E-state index in [-0.39, 0.29) is 24.0 Å². The maximum Gasteiger partial charge on any atom is 0.191 e. The maximum atomic E-state index is 4.51. The first kappa shape index (κ1) is 20.0. The van der Waals surface area contributed by atoms with E-state index in [1.807, 2.05) is 0 Å². The van der Waals surface area contributed by atoms with E-state index < -0.39 is 0 Å². The van der Waals surface area contributed by atoms with Crippen LogP contribution in [0.3, 0.4) is 0 Å². The predicted octanol–water partition coefficient (Wildman–Crippen LogP) is 2.69. The van der Waals surface area contributed by atoms with Crippen LogP contribution in [0.1, 0.15) is 46.5 Å². The average molecular weight is 396 g/mol. The fourth-order valence-corrected chi connectivity index (χ4v) is 2.36. The monoisotopic (exact) mass is 396 g/mol. The fraction of sp³-hybridized carbons (Fsp3) is 0.933. The third kappa shape index (κ3) is 9.00. The van der Waals surface area contributed by atoms with Crippen LogP contribution in [0, 0.1) is 5.92 Å². The van der Waals surface area contributed by atoms with E-state index in [9.17, 15) is 0 Å². The second-order valence-corrected chi connectivity index (χ2v) is 5.57. The molecule has 2 N–H and O–H groups in total. The number of nitrogens with one attached hydrogen (secondary N) is 2. The standard InChI is InChI=1S/C15H32N4.HI/c1-4-9-17-15(16-5-2)18-10-6-11-19-12-7-14(3)8-13-19;/h14H,4-13H2,1-3H3,(H2,16,17,18);1H. The van der Waals surface area contributed by atoms with Crippen molar-refractivity contribution in [2.45, 2.75) is 46.5 Å². The Hall–Kier alpha value is -0.0400. The van der Waals surface area contributed by atoms with Crippen molar-refractivity contribution < 1.29 is 0 Å². The van der Waals surface area contributed by atoms with Gasteiger partial charge >= 0.3 is 0 Å². The van der Waals surface area contributed by atoms with Gasteiger partial charge in [-0.3, -0.25) is 4.99 Å². The Morgan fingerprint density at radius 2 is 1.90 bits per heavy atom. The Morgan fingerprint density at radius 1 is 1.20 bits per heavy atom. The summed E-state index contributed by atoms with van der Waals surface area (Å²) in [5, 5.41) is 6.70. The summed E-state index contributed by atoms with van der Waals surface area (Å²) in [6, 6.07) is 0. The van der Waals surface area contributed by atoms with Crippen LogP contribution in [0.15, 0.2) is 4.99 Å². The molecule has 0 saturated carbocycles. The molecule has 1 heterocycles. The van der Waals surface area contributed by atoms with Gasteiger partial charge in [-0.1, -0.05) is 13.8 Å². The number of hydrogen-bond acceptors (Lipinski definition) is 2. The summed E-state index contributed by atoms with van der Waals surface area (Å²) in [5.74, 6) is 1.90. The van der Waals surface area contributed by atoms with E-state index in [0.29, 0.717) is 0 Å². The lowest BCUT2D eigenvalue weighted by atomic mass is 9.99. The van der Waals surface area contributed by atoms with Crippen LogP contribution in [0.2, 0.25) is 0 Å². The number of aliphatic imine (C=N–C) groups is 1. The second-order valence-electron chi connectivity index (χ2n) is 5.57. The third-order valence-electron chi connectivity index (χ3n) is 3.66. The van der Waals surface area contributed by atoms with Gasteiger partial charge in [0.25, 0.3) is 0 Å². The van der Waals surface area contributed by atoms with Gasteiger partial charge < -0.3 is 15.5 Å². The van der Waals surface area contributed by atoms with Crippen molar-refractivity contribution in [2.24, 2.45) is 10.9 Å². The second kappa shape index (κ2) is 12.7. The van der Waals surface area contributed by atoms with Crippen molar-refractivity contribution in [3.8, 4) is 0 Å². The molecular weight excluding hydrogens is 363 g/mol. The highest BCUT2D eigenvalue weighted by atomic mass is 127. The van der Waals surface area contributed by atoms with Gasteiger partial charge in [0.1, 0.15) is 0 Å². The zero-order valence-corrected chi connectivity index (χ0v) is 15.8. The first-order valence-electron chi connectivity index (χ1n) is 8.00. The van der Waals surface area contributed by atoms with E-state index >= 15 is 0 Å². The van der Waals surface area contributed by atoms with Gasteiger partial charge in [0.05, 0.1) is 0 Å². The molecule has 1 saturated heterocycles. The average Bonchev–Trinajstić information content (AvgIpc) is 2.42. The van der Waals surface area contributed by atoms with Crippen molar-refractivity contribution >= 4 is 29.9 Å². The number of rotatable bonds is 7. The molecule has 0 bridgehead atoms. The van der Waals surface area contributed by atoms with Crippen LogP contribution in [0.25, 0.3) is 0 Å². The van der Waals surface area contributed by atoms with E-state index in [4.69, 9.17) is 0 Å². The molecule has 0 atom stereocenters. The Labute approximate surface area is 142 Å². The van der Waals surface area contributed by atoms with Crippen LogP contribution in [0.4, 0.5) is 0 Å². The molecule has 5 heteroatoms. The van der Waals surface area contributed by atoms with Crippen LogP contribution < -0.4 is 10.6 Å². The fourth-order valence-electron chi connectivity index (χ4n) is 2.36. The molecule has 1 aliphatic rings. The number of piperidine rings is 1. The quantitative estimate of drug-likeness (QED) is 0.301. The summed E-state index contributed by atoms with van der Waals surface area (Å²) in [7, 11) is 0. The summed E-state index contributed by atoms with van der Waals surface area (Å²) in [6.45, 7) is 13.3. The Balaban J connectivity index is 0.00000361. The molecule has 20 heavy (non-hydrogen) atoms. The molecule has 0 aromatic heterocycles. The molecule has 1 rings (SSSR count). The van der Waals surface area contributed by atoms with Gasteiger partial charge in [0.15, 0.2) is 5.96 Å². The van der Waals surface area contributed by atoms with Gasteiger partial charge in [-0.05, 0) is 58.2 Å².